The van der Waals surface area contributed by atoms with Crippen LogP contribution in [0.15, 0.2) is 41.3 Å². The molecule has 0 saturated carbocycles. The SMILES string of the molecule is COc1cc(OC)c(NC(=O)CSCc2cc(=O)n3cccc(C)c3n2)cc1Cl. The van der Waals surface area contributed by atoms with E-state index in [2.05, 4.69) is 10.3 Å². The van der Waals surface area contributed by atoms with Crippen LogP contribution in [0.4, 0.5) is 5.69 Å². The quantitative estimate of drug-likeness (QED) is 0.613. The second-order valence-electron chi connectivity index (χ2n) is 6.20. The Labute approximate surface area is 177 Å². The number of carbonyl (C=O) groups excluding carboxylic acids is 1. The van der Waals surface area contributed by atoms with Crippen molar-refractivity contribution in [3.8, 4) is 11.5 Å². The van der Waals surface area contributed by atoms with Crippen LogP contribution >= 0.6 is 23.4 Å². The number of methoxy groups -OCH3 is 2. The standard InChI is InChI=1S/C20H20ClN3O4S/c1-12-5-4-6-24-19(26)7-13(22-20(12)24)10-29-11-18(25)23-15-8-14(21)16(27-2)9-17(15)28-3/h4-9H,10-11H2,1-3H3,(H,23,25). The van der Waals surface area contributed by atoms with E-state index in [1.54, 1.807) is 18.3 Å². The van der Waals surface area contributed by atoms with Crippen molar-refractivity contribution in [3.63, 3.8) is 0 Å². The number of fused-ring (bicyclic) bond motifs is 1. The van der Waals surface area contributed by atoms with Crippen LogP contribution in [0.2, 0.25) is 5.02 Å². The summed E-state index contributed by atoms with van der Waals surface area (Å²) in [4.78, 5) is 29.1. The van der Waals surface area contributed by atoms with Crippen LogP contribution in [0.1, 0.15) is 11.3 Å². The summed E-state index contributed by atoms with van der Waals surface area (Å²) in [5.41, 5.74) is 2.49. The van der Waals surface area contributed by atoms with Crippen LogP contribution in [0, 0.1) is 6.92 Å². The minimum absolute atomic E-state index is 0.142. The van der Waals surface area contributed by atoms with Crippen molar-refractivity contribution in [1.29, 1.82) is 0 Å². The maximum Gasteiger partial charge on any atom is 0.258 e. The monoisotopic (exact) mass is 433 g/mol. The number of hydrogen-bond donors (Lipinski definition) is 1. The van der Waals surface area contributed by atoms with Crippen molar-refractivity contribution >= 4 is 40.6 Å². The van der Waals surface area contributed by atoms with E-state index in [4.69, 9.17) is 21.1 Å². The first kappa shape index (κ1) is 21.0. The summed E-state index contributed by atoms with van der Waals surface area (Å²) in [7, 11) is 3.00. The molecule has 1 N–H and O–H groups in total. The fourth-order valence-corrected chi connectivity index (χ4v) is 3.73. The highest BCUT2D eigenvalue weighted by molar-refractivity contribution is 7.99. The Morgan fingerprint density at radius 2 is 2.00 bits per heavy atom. The molecule has 0 aliphatic carbocycles. The lowest BCUT2D eigenvalue weighted by Crippen LogP contribution is -2.17. The van der Waals surface area contributed by atoms with Gasteiger partial charge >= 0.3 is 0 Å². The Bertz CT molecular complexity index is 1120. The Morgan fingerprint density at radius 3 is 2.72 bits per heavy atom. The van der Waals surface area contributed by atoms with Crippen molar-refractivity contribution < 1.29 is 14.3 Å². The molecule has 0 spiro atoms. The van der Waals surface area contributed by atoms with Crippen LogP contribution in [0.25, 0.3) is 5.65 Å². The van der Waals surface area contributed by atoms with Gasteiger partial charge in [-0.05, 0) is 24.6 Å². The van der Waals surface area contributed by atoms with Gasteiger partial charge in [-0.2, -0.15) is 0 Å². The number of aromatic nitrogens is 2. The van der Waals surface area contributed by atoms with Crippen molar-refractivity contribution in [2.75, 3.05) is 25.3 Å². The summed E-state index contributed by atoms with van der Waals surface area (Å²) >= 11 is 7.49. The number of halogens is 1. The predicted molar refractivity (Wildman–Crippen MR) is 116 cm³/mol. The Balaban J connectivity index is 1.65. The molecule has 0 radical (unpaired) electrons. The van der Waals surface area contributed by atoms with Crippen molar-refractivity contribution in [1.82, 2.24) is 9.38 Å². The van der Waals surface area contributed by atoms with Gasteiger partial charge in [-0.3, -0.25) is 14.0 Å². The summed E-state index contributed by atoms with van der Waals surface area (Å²) in [6, 6.07) is 8.39. The maximum atomic E-state index is 12.3. The highest BCUT2D eigenvalue weighted by Gasteiger charge is 2.13. The zero-order valence-electron chi connectivity index (χ0n) is 16.2. The second kappa shape index (κ2) is 9.19. The van der Waals surface area contributed by atoms with E-state index in [1.165, 1.54) is 36.4 Å². The van der Waals surface area contributed by atoms with Crippen molar-refractivity contribution in [2.24, 2.45) is 0 Å². The molecule has 0 atom stereocenters. The highest BCUT2D eigenvalue weighted by Crippen LogP contribution is 2.35. The van der Waals surface area contributed by atoms with Crippen LogP contribution in [-0.4, -0.2) is 35.3 Å². The van der Waals surface area contributed by atoms with Crippen LogP contribution in [0.3, 0.4) is 0 Å². The fourth-order valence-electron chi connectivity index (χ4n) is 2.78. The molecule has 29 heavy (non-hydrogen) atoms. The van der Waals surface area contributed by atoms with Gasteiger partial charge in [-0.15, -0.1) is 11.8 Å². The van der Waals surface area contributed by atoms with Gasteiger partial charge in [-0.25, -0.2) is 4.98 Å². The van der Waals surface area contributed by atoms with E-state index in [-0.39, 0.29) is 17.2 Å². The van der Waals surface area contributed by atoms with Gasteiger partial charge in [0, 0.05) is 24.1 Å². The van der Waals surface area contributed by atoms with E-state index >= 15 is 0 Å². The first-order chi connectivity index (χ1) is 13.9. The van der Waals surface area contributed by atoms with Gasteiger partial charge in [-0.1, -0.05) is 17.7 Å². The molecule has 1 amide bonds. The van der Waals surface area contributed by atoms with Gasteiger partial charge in [0.15, 0.2) is 0 Å². The number of anilines is 1. The summed E-state index contributed by atoms with van der Waals surface area (Å²) in [6.45, 7) is 1.90. The molecule has 0 aliphatic heterocycles. The zero-order valence-corrected chi connectivity index (χ0v) is 17.8. The van der Waals surface area contributed by atoms with Crippen LogP contribution in [-0.2, 0) is 10.5 Å². The molecular weight excluding hydrogens is 414 g/mol. The van der Waals surface area contributed by atoms with Crippen molar-refractivity contribution in [2.45, 2.75) is 12.7 Å². The molecule has 0 fully saturated rings. The summed E-state index contributed by atoms with van der Waals surface area (Å²) < 4.78 is 11.9. The van der Waals surface area contributed by atoms with Crippen LogP contribution in [0.5, 0.6) is 11.5 Å². The number of aryl methyl sites for hydroxylation is 1. The second-order valence-corrected chi connectivity index (χ2v) is 7.59. The van der Waals surface area contributed by atoms with Gasteiger partial charge in [0.1, 0.15) is 17.1 Å². The number of pyridine rings is 1. The number of benzene rings is 1. The molecular formula is C20H20ClN3O4S. The van der Waals surface area contributed by atoms with Gasteiger partial charge in [0.2, 0.25) is 5.91 Å². The molecule has 0 saturated heterocycles. The molecule has 0 bridgehead atoms. The van der Waals surface area contributed by atoms with E-state index in [0.29, 0.717) is 39.3 Å². The minimum atomic E-state index is -0.219. The molecule has 7 nitrogen and oxygen atoms in total. The minimum Gasteiger partial charge on any atom is -0.495 e. The van der Waals surface area contributed by atoms with Gasteiger partial charge in [0.25, 0.3) is 5.56 Å². The van der Waals surface area contributed by atoms with E-state index in [0.717, 1.165) is 5.56 Å². The number of nitrogens with zero attached hydrogens (tertiary/aromatic N) is 2. The van der Waals surface area contributed by atoms with Gasteiger partial charge < -0.3 is 14.8 Å². The summed E-state index contributed by atoms with van der Waals surface area (Å²) in [5.74, 6) is 1.31. The fraction of sp³-hybridized carbons (Fsp3) is 0.250. The topological polar surface area (TPSA) is 81.9 Å². The van der Waals surface area contributed by atoms with Crippen molar-refractivity contribution in [3.05, 3.63) is 63.2 Å². The largest absolute Gasteiger partial charge is 0.495 e. The Hall–Kier alpha value is -2.71. The van der Waals surface area contributed by atoms with E-state index in [9.17, 15) is 9.59 Å². The number of hydrogen-bond acceptors (Lipinski definition) is 6. The lowest BCUT2D eigenvalue weighted by atomic mass is 10.2. The van der Waals surface area contributed by atoms with E-state index < -0.39 is 0 Å². The first-order valence-corrected chi connectivity index (χ1v) is 10.2. The smallest absolute Gasteiger partial charge is 0.258 e. The summed E-state index contributed by atoms with van der Waals surface area (Å²) in [6.07, 6.45) is 1.69. The Morgan fingerprint density at radius 1 is 1.24 bits per heavy atom. The first-order valence-electron chi connectivity index (χ1n) is 8.70. The number of amides is 1. The lowest BCUT2D eigenvalue weighted by Gasteiger charge is -2.13. The number of thioether (sulfide) groups is 1. The summed E-state index contributed by atoms with van der Waals surface area (Å²) in [5, 5.41) is 3.15. The Kier molecular flexibility index (Phi) is 6.66. The van der Waals surface area contributed by atoms with E-state index in [1.807, 2.05) is 19.1 Å². The number of nitrogens with one attached hydrogen (secondary N) is 1. The average molecular weight is 434 g/mol. The molecule has 3 aromatic rings. The number of ether oxygens (including phenoxy) is 2. The molecule has 0 aliphatic rings. The predicted octanol–water partition coefficient (Wildman–Crippen LogP) is 3.55. The third-order valence-corrected chi connectivity index (χ3v) is 5.43. The molecule has 1 aromatic carbocycles. The maximum absolute atomic E-state index is 12.3. The van der Waals surface area contributed by atoms with Crippen LogP contribution < -0.4 is 20.3 Å². The zero-order chi connectivity index (χ0) is 21.0. The lowest BCUT2D eigenvalue weighted by molar-refractivity contribution is -0.113. The molecule has 2 heterocycles. The number of carbonyl (C=O) groups is 1. The molecule has 152 valence electrons. The highest BCUT2D eigenvalue weighted by atomic mass is 35.5. The third kappa shape index (κ3) is 4.83. The number of rotatable bonds is 7. The molecule has 2 aromatic heterocycles. The average Bonchev–Trinajstić information content (AvgIpc) is 2.69. The normalized spacial score (nSPS) is 10.8. The van der Waals surface area contributed by atoms with Gasteiger partial charge in [0.05, 0.1) is 36.4 Å². The molecule has 0 unspecified atom stereocenters. The third-order valence-electron chi connectivity index (χ3n) is 4.17. The molecule has 3 rings (SSSR count). The molecule has 9 heteroatoms.